The third-order valence-electron chi connectivity index (χ3n) is 5.36. The van der Waals surface area contributed by atoms with Crippen molar-refractivity contribution in [3.8, 4) is 0 Å². The Morgan fingerprint density at radius 2 is 2.05 bits per heavy atom. The van der Waals surface area contributed by atoms with Crippen LogP contribution in [0.1, 0.15) is 47.0 Å². The van der Waals surface area contributed by atoms with E-state index in [1.165, 1.54) is 0 Å². The number of carbonyl (C=O) groups is 1. The van der Waals surface area contributed by atoms with Crippen molar-refractivity contribution in [1.82, 2.24) is 0 Å². The number of hydrogen-bond donors (Lipinski definition) is 1. The summed E-state index contributed by atoms with van der Waals surface area (Å²) in [5, 5.41) is 21.8. The quantitative estimate of drug-likeness (QED) is 0.786. The van der Waals surface area contributed by atoms with Crippen molar-refractivity contribution in [2.24, 2.45) is 22.7 Å². The average Bonchev–Trinajstić information content (AvgIpc) is 2.31. The summed E-state index contributed by atoms with van der Waals surface area (Å²) < 4.78 is 0. The van der Waals surface area contributed by atoms with Crippen LogP contribution in [-0.4, -0.2) is 17.2 Å². The molecule has 0 aliphatic heterocycles. The van der Waals surface area contributed by atoms with Gasteiger partial charge in [-0.05, 0) is 43.4 Å². The highest BCUT2D eigenvalue weighted by atomic mass is 16.4. The highest BCUT2D eigenvalue weighted by Crippen LogP contribution is 2.56. The molecule has 0 saturated heterocycles. The summed E-state index contributed by atoms with van der Waals surface area (Å²) in [5.41, 5.74) is 0.128. The Bertz CT molecular complexity index is 412. The lowest BCUT2D eigenvalue weighted by Crippen LogP contribution is -2.53. The van der Waals surface area contributed by atoms with Gasteiger partial charge in [-0.25, -0.2) is 0 Å². The van der Waals surface area contributed by atoms with Gasteiger partial charge in [-0.15, -0.1) is 6.58 Å². The molecule has 0 aromatic carbocycles. The van der Waals surface area contributed by atoms with E-state index < -0.39 is 17.5 Å². The van der Waals surface area contributed by atoms with Crippen LogP contribution in [0.25, 0.3) is 0 Å². The second-order valence-corrected chi connectivity index (χ2v) is 6.97. The highest BCUT2D eigenvalue weighted by molar-refractivity contribution is 5.65. The molecular formula is C17H27O3-. The fraction of sp³-hybridized carbons (Fsp3) is 0.706. The van der Waals surface area contributed by atoms with Gasteiger partial charge in [-0.2, -0.15) is 0 Å². The standard InChI is InChI=1S/C17H28O3/c1-7-16(6)9-14(18)17(12(4)5,10-15(19)20)8-13(16)11(2)3/h7,12-14,18H,1-2,8-10H2,3-6H3,(H,19,20)/p-1/t13-,14-,16+,17-/m1/s1. The summed E-state index contributed by atoms with van der Waals surface area (Å²) in [6.07, 6.45) is 2.22. The molecule has 3 nitrogen and oxygen atoms in total. The number of aliphatic carboxylic acids is 1. The van der Waals surface area contributed by atoms with E-state index in [1.807, 2.05) is 26.8 Å². The van der Waals surface area contributed by atoms with Crippen molar-refractivity contribution in [2.45, 2.75) is 53.1 Å². The van der Waals surface area contributed by atoms with Gasteiger partial charge in [-0.1, -0.05) is 39.0 Å². The van der Waals surface area contributed by atoms with Gasteiger partial charge in [0, 0.05) is 11.4 Å². The van der Waals surface area contributed by atoms with Crippen LogP contribution in [0.3, 0.4) is 0 Å². The summed E-state index contributed by atoms with van der Waals surface area (Å²) in [5.74, 6) is -0.905. The second kappa shape index (κ2) is 5.72. The first-order valence-corrected chi connectivity index (χ1v) is 7.26. The van der Waals surface area contributed by atoms with Crippen LogP contribution in [0.5, 0.6) is 0 Å². The Hall–Kier alpha value is -1.09. The maximum absolute atomic E-state index is 11.2. The van der Waals surface area contributed by atoms with Crippen molar-refractivity contribution in [3.05, 3.63) is 24.8 Å². The van der Waals surface area contributed by atoms with E-state index in [-0.39, 0.29) is 23.7 Å². The lowest BCUT2D eigenvalue weighted by molar-refractivity contribution is -0.311. The Balaban J connectivity index is 3.25. The molecule has 0 bridgehead atoms. The van der Waals surface area contributed by atoms with Gasteiger partial charge in [0.25, 0.3) is 0 Å². The van der Waals surface area contributed by atoms with Gasteiger partial charge in [0.05, 0.1) is 6.10 Å². The van der Waals surface area contributed by atoms with Crippen LogP contribution in [0.15, 0.2) is 24.8 Å². The minimum absolute atomic E-state index is 0.0617. The van der Waals surface area contributed by atoms with E-state index in [2.05, 4.69) is 20.1 Å². The molecule has 0 radical (unpaired) electrons. The molecule has 4 atom stereocenters. The largest absolute Gasteiger partial charge is 0.550 e. The number of allylic oxidation sites excluding steroid dienone is 2. The summed E-state index contributed by atoms with van der Waals surface area (Å²) in [6.45, 7) is 15.9. The number of carboxylic acid groups (broad SMARTS) is 1. The van der Waals surface area contributed by atoms with Crippen LogP contribution in [-0.2, 0) is 4.79 Å². The molecule has 3 heteroatoms. The van der Waals surface area contributed by atoms with E-state index in [1.54, 1.807) is 0 Å². The van der Waals surface area contributed by atoms with Crippen LogP contribution < -0.4 is 5.11 Å². The van der Waals surface area contributed by atoms with Gasteiger partial charge >= 0.3 is 0 Å². The molecular weight excluding hydrogens is 252 g/mol. The monoisotopic (exact) mass is 279 g/mol. The summed E-state index contributed by atoms with van der Waals surface area (Å²) in [7, 11) is 0. The molecule has 1 N–H and O–H groups in total. The van der Waals surface area contributed by atoms with Crippen molar-refractivity contribution in [1.29, 1.82) is 0 Å². The summed E-state index contributed by atoms with van der Waals surface area (Å²) in [6, 6.07) is 0. The molecule has 1 rings (SSSR count). The SMILES string of the molecule is C=C[C@@]1(C)C[C@@H](O)[C@](CC(=O)[O-])(C(C)C)C[C@@H]1C(=C)C. The fourth-order valence-electron chi connectivity index (χ4n) is 3.76. The molecule has 0 spiro atoms. The molecule has 0 heterocycles. The first-order valence-electron chi connectivity index (χ1n) is 7.26. The van der Waals surface area contributed by atoms with Crippen LogP contribution in [0, 0.1) is 22.7 Å². The Morgan fingerprint density at radius 3 is 2.40 bits per heavy atom. The molecule has 0 amide bonds. The van der Waals surface area contributed by atoms with E-state index >= 15 is 0 Å². The fourth-order valence-corrected chi connectivity index (χ4v) is 3.76. The van der Waals surface area contributed by atoms with Crippen LogP contribution in [0.2, 0.25) is 0 Å². The van der Waals surface area contributed by atoms with E-state index in [4.69, 9.17) is 0 Å². The third kappa shape index (κ3) is 2.83. The topological polar surface area (TPSA) is 60.4 Å². The minimum Gasteiger partial charge on any atom is -0.550 e. The van der Waals surface area contributed by atoms with Crippen molar-refractivity contribution < 1.29 is 15.0 Å². The average molecular weight is 279 g/mol. The van der Waals surface area contributed by atoms with Gasteiger partial charge < -0.3 is 15.0 Å². The second-order valence-electron chi connectivity index (χ2n) is 6.97. The zero-order chi connectivity index (χ0) is 15.7. The first kappa shape index (κ1) is 17.0. The molecule has 1 fully saturated rings. The number of rotatable bonds is 5. The molecule has 1 aliphatic rings. The Kier molecular flexibility index (Phi) is 4.86. The van der Waals surface area contributed by atoms with Crippen molar-refractivity contribution in [3.63, 3.8) is 0 Å². The Morgan fingerprint density at radius 1 is 1.50 bits per heavy atom. The van der Waals surface area contributed by atoms with Gasteiger partial charge in [-0.3, -0.25) is 0 Å². The van der Waals surface area contributed by atoms with E-state index in [9.17, 15) is 15.0 Å². The molecule has 20 heavy (non-hydrogen) atoms. The molecule has 1 saturated carbocycles. The molecule has 0 aromatic heterocycles. The maximum atomic E-state index is 11.2. The lowest BCUT2D eigenvalue weighted by atomic mass is 9.52. The minimum atomic E-state index is -1.10. The third-order valence-corrected chi connectivity index (χ3v) is 5.36. The highest BCUT2D eigenvalue weighted by Gasteiger charge is 2.52. The van der Waals surface area contributed by atoms with Crippen LogP contribution >= 0.6 is 0 Å². The van der Waals surface area contributed by atoms with Crippen molar-refractivity contribution >= 4 is 5.97 Å². The molecule has 0 unspecified atom stereocenters. The summed E-state index contributed by atoms with van der Waals surface area (Å²) in [4.78, 5) is 11.2. The lowest BCUT2D eigenvalue weighted by Gasteiger charge is -2.54. The number of aliphatic hydroxyl groups is 1. The van der Waals surface area contributed by atoms with E-state index in [0.717, 1.165) is 5.57 Å². The predicted molar refractivity (Wildman–Crippen MR) is 78.7 cm³/mol. The molecule has 0 aromatic rings. The van der Waals surface area contributed by atoms with Gasteiger partial charge in [0.2, 0.25) is 0 Å². The van der Waals surface area contributed by atoms with Gasteiger partial charge in [0.1, 0.15) is 0 Å². The number of aliphatic hydroxyl groups excluding tert-OH is 1. The number of carbonyl (C=O) groups excluding carboxylic acids is 1. The normalized spacial score (nSPS) is 37.7. The smallest absolute Gasteiger partial charge is 0.0611 e. The summed E-state index contributed by atoms with van der Waals surface area (Å²) >= 11 is 0. The first-order chi connectivity index (χ1) is 9.09. The van der Waals surface area contributed by atoms with Crippen molar-refractivity contribution in [2.75, 3.05) is 0 Å². The Labute approximate surface area is 122 Å². The predicted octanol–water partition coefficient (Wildman–Crippen LogP) is 2.31. The van der Waals surface area contributed by atoms with Crippen LogP contribution in [0.4, 0.5) is 0 Å². The molecule has 1 aliphatic carbocycles. The molecule has 114 valence electrons. The van der Waals surface area contributed by atoms with E-state index in [0.29, 0.717) is 12.8 Å². The van der Waals surface area contributed by atoms with Gasteiger partial charge in [0.15, 0.2) is 0 Å². The zero-order valence-electron chi connectivity index (χ0n) is 13.1. The number of carboxylic acids is 1. The zero-order valence-corrected chi connectivity index (χ0v) is 13.1. The number of hydrogen-bond acceptors (Lipinski definition) is 3. The maximum Gasteiger partial charge on any atom is 0.0611 e.